The van der Waals surface area contributed by atoms with Crippen molar-refractivity contribution in [3.63, 3.8) is 0 Å². The number of nitrogens with zero attached hydrogens (tertiary/aromatic N) is 4. The third-order valence-electron chi connectivity index (χ3n) is 5.11. The van der Waals surface area contributed by atoms with E-state index in [9.17, 15) is 14.9 Å². The Morgan fingerprint density at radius 1 is 0.882 bits per heavy atom. The molecule has 0 aliphatic heterocycles. The van der Waals surface area contributed by atoms with E-state index < -0.39 is 10.9 Å². The number of carboxylic acids is 1. The van der Waals surface area contributed by atoms with Gasteiger partial charge in [0.05, 0.1) is 10.5 Å². The summed E-state index contributed by atoms with van der Waals surface area (Å²) in [5.74, 6) is -0.860. The number of hydrogen-bond donors (Lipinski definition) is 2. The molecule has 0 unspecified atom stereocenters. The Morgan fingerprint density at radius 3 is 1.94 bits per heavy atom. The average Bonchev–Trinajstić information content (AvgIpc) is 2.85. The molecule has 0 saturated heterocycles. The van der Waals surface area contributed by atoms with Crippen molar-refractivity contribution in [1.29, 1.82) is 0 Å². The minimum atomic E-state index is -1.06. The fraction of sp³-hybridized carbons (Fsp3) is 0.0800. The molecule has 3 aromatic carbocycles. The molecule has 0 aliphatic carbocycles. The van der Waals surface area contributed by atoms with E-state index in [0.717, 1.165) is 11.1 Å². The highest BCUT2D eigenvalue weighted by Gasteiger charge is 2.27. The fourth-order valence-corrected chi connectivity index (χ4v) is 3.51. The molecule has 34 heavy (non-hydrogen) atoms. The van der Waals surface area contributed by atoms with Crippen LogP contribution in [-0.4, -0.2) is 26.0 Å². The van der Waals surface area contributed by atoms with Crippen molar-refractivity contribution in [2.75, 3.05) is 10.2 Å². The number of carbonyl (C=O) groups is 1. The number of hydrogen-bond acceptors (Lipinski definition) is 7. The first kappa shape index (κ1) is 22.4. The second-order valence-corrected chi connectivity index (χ2v) is 7.49. The minimum Gasteiger partial charge on any atom is -0.478 e. The zero-order valence-electron chi connectivity index (χ0n) is 18.0. The number of nitrogens with one attached hydrogen (secondary N) is 1. The van der Waals surface area contributed by atoms with Gasteiger partial charge in [-0.25, -0.2) is 14.8 Å². The average molecular weight is 455 g/mol. The van der Waals surface area contributed by atoms with Gasteiger partial charge < -0.3 is 15.3 Å². The third-order valence-corrected chi connectivity index (χ3v) is 5.11. The van der Waals surface area contributed by atoms with Gasteiger partial charge in [-0.1, -0.05) is 60.7 Å². The van der Waals surface area contributed by atoms with E-state index in [4.69, 9.17) is 5.11 Å². The summed E-state index contributed by atoms with van der Waals surface area (Å²) < 4.78 is 0. The minimum absolute atomic E-state index is 0.0178. The Balaban J connectivity index is 1.72. The zero-order chi connectivity index (χ0) is 23.9. The van der Waals surface area contributed by atoms with E-state index in [2.05, 4.69) is 15.3 Å². The van der Waals surface area contributed by atoms with Crippen LogP contribution in [-0.2, 0) is 13.1 Å². The molecule has 0 aliphatic rings. The van der Waals surface area contributed by atoms with Crippen molar-refractivity contribution in [3.05, 3.63) is 118 Å². The Hall–Kier alpha value is -4.79. The van der Waals surface area contributed by atoms with Crippen LogP contribution in [0.1, 0.15) is 21.5 Å². The van der Waals surface area contributed by atoms with E-state index >= 15 is 0 Å². The molecule has 4 aromatic rings. The van der Waals surface area contributed by atoms with Crippen LogP contribution in [0.25, 0.3) is 0 Å². The van der Waals surface area contributed by atoms with E-state index in [-0.39, 0.29) is 22.9 Å². The van der Waals surface area contributed by atoms with Gasteiger partial charge in [0.1, 0.15) is 6.33 Å². The first-order chi connectivity index (χ1) is 16.5. The molecular formula is C25H21N5O4. The van der Waals surface area contributed by atoms with E-state index in [1.807, 2.05) is 65.6 Å². The van der Waals surface area contributed by atoms with Crippen LogP contribution in [0.2, 0.25) is 0 Å². The van der Waals surface area contributed by atoms with Gasteiger partial charge in [-0.15, -0.1) is 0 Å². The highest BCUT2D eigenvalue weighted by atomic mass is 16.6. The zero-order valence-corrected chi connectivity index (χ0v) is 18.0. The standard InChI is InChI=1S/C25H21N5O4/c31-25(32)20-11-13-21(14-12-20)28-23-22(30(33)34)24(27-17-26-23)29(15-18-7-3-1-4-8-18)16-19-9-5-2-6-10-19/h1-14,17H,15-16H2,(H,31,32)(H,26,27,28). The van der Waals surface area contributed by atoms with Gasteiger partial charge in [0.25, 0.3) is 0 Å². The normalized spacial score (nSPS) is 10.5. The molecule has 0 amide bonds. The number of aromatic nitrogens is 2. The van der Waals surface area contributed by atoms with Crippen LogP contribution >= 0.6 is 0 Å². The lowest BCUT2D eigenvalue weighted by Gasteiger charge is -2.24. The van der Waals surface area contributed by atoms with E-state index in [1.165, 1.54) is 30.6 Å². The SMILES string of the molecule is O=C(O)c1ccc(Nc2ncnc(N(Cc3ccccc3)Cc3ccccc3)c2[N+](=O)[O-])cc1. The first-order valence-corrected chi connectivity index (χ1v) is 10.4. The quantitative estimate of drug-likeness (QED) is 0.266. The molecule has 9 nitrogen and oxygen atoms in total. The van der Waals surface area contributed by atoms with Crippen LogP contribution in [0, 0.1) is 10.1 Å². The first-order valence-electron chi connectivity index (χ1n) is 10.4. The largest absolute Gasteiger partial charge is 0.478 e. The van der Waals surface area contributed by atoms with Gasteiger partial charge >= 0.3 is 11.7 Å². The summed E-state index contributed by atoms with van der Waals surface area (Å²) in [4.78, 5) is 33.0. The van der Waals surface area contributed by atoms with Crippen molar-refractivity contribution < 1.29 is 14.8 Å². The second kappa shape index (κ2) is 10.2. The molecule has 4 rings (SSSR count). The van der Waals surface area contributed by atoms with Gasteiger partial charge in [-0.3, -0.25) is 10.1 Å². The van der Waals surface area contributed by atoms with Gasteiger partial charge in [0, 0.05) is 18.8 Å². The Morgan fingerprint density at radius 2 is 1.44 bits per heavy atom. The van der Waals surface area contributed by atoms with Gasteiger partial charge in [0.15, 0.2) is 0 Å². The molecule has 0 saturated carbocycles. The smallest absolute Gasteiger partial charge is 0.353 e. The Kier molecular flexibility index (Phi) is 6.73. The third kappa shape index (κ3) is 5.33. The highest BCUT2D eigenvalue weighted by molar-refractivity contribution is 5.88. The predicted molar refractivity (Wildman–Crippen MR) is 128 cm³/mol. The second-order valence-electron chi connectivity index (χ2n) is 7.49. The Labute approximate surface area is 195 Å². The lowest BCUT2D eigenvalue weighted by Crippen LogP contribution is -2.24. The maximum absolute atomic E-state index is 12.2. The summed E-state index contributed by atoms with van der Waals surface area (Å²) in [7, 11) is 0. The molecule has 0 bridgehead atoms. The lowest BCUT2D eigenvalue weighted by molar-refractivity contribution is -0.383. The van der Waals surface area contributed by atoms with Gasteiger partial charge in [-0.05, 0) is 35.4 Å². The summed E-state index contributed by atoms with van der Waals surface area (Å²) in [6, 6.07) is 25.2. The maximum Gasteiger partial charge on any atom is 0.353 e. The molecule has 9 heteroatoms. The number of benzene rings is 3. The van der Waals surface area contributed by atoms with Crippen LogP contribution in [0.3, 0.4) is 0 Å². The molecule has 0 spiro atoms. The van der Waals surface area contributed by atoms with Crippen LogP contribution in [0.4, 0.5) is 23.0 Å². The molecular weight excluding hydrogens is 434 g/mol. The number of carboxylic acid groups (broad SMARTS) is 1. The number of nitro groups is 1. The number of anilines is 3. The maximum atomic E-state index is 12.2. The molecule has 1 aromatic heterocycles. The highest BCUT2D eigenvalue weighted by Crippen LogP contribution is 2.35. The van der Waals surface area contributed by atoms with Gasteiger partial charge in [-0.2, -0.15) is 0 Å². The predicted octanol–water partition coefficient (Wildman–Crippen LogP) is 5.03. The summed E-state index contributed by atoms with van der Waals surface area (Å²) in [5.41, 5.74) is 2.27. The molecule has 0 atom stereocenters. The molecule has 0 radical (unpaired) electrons. The monoisotopic (exact) mass is 455 g/mol. The van der Waals surface area contributed by atoms with Crippen molar-refractivity contribution in [1.82, 2.24) is 9.97 Å². The topological polar surface area (TPSA) is 121 Å². The van der Waals surface area contributed by atoms with E-state index in [0.29, 0.717) is 18.8 Å². The van der Waals surface area contributed by atoms with Crippen molar-refractivity contribution >= 4 is 29.0 Å². The van der Waals surface area contributed by atoms with Crippen LogP contribution in [0.15, 0.2) is 91.3 Å². The van der Waals surface area contributed by atoms with Gasteiger partial charge in [0.2, 0.25) is 11.6 Å². The van der Waals surface area contributed by atoms with Crippen LogP contribution in [0.5, 0.6) is 0 Å². The molecule has 170 valence electrons. The van der Waals surface area contributed by atoms with Crippen molar-refractivity contribution in [2.24, 2.45) is 0 Å². The van der Waals surface area contributed by atoms with E-state index in [1.54, 1.807) is 0 Å². The number of rotatable bonds is 9. The van der Waals surface area contributed by atoms with Crippen molar-refractivity contribution in [3.8, 4) is 0 Å². The molecule has 1 heterocycles. The summed E-state index contributed by atoms with van der Waals surface area (Å²) in [6.45, 7) is 0.806. The lowest BCUT2D eigenvalue weighted by atomic mass is 10.1. The molecule has 2 N–H and O–H groups in total. The molecule has 0 fully saturated rings. The van der Waals surface area contributed by atoms with Crippen molar-refractivity contribution in [2.45, 2.75) is 13.1 Å². The van der Waals surface area contributed by atoms with Crippen LogP contribution < -0.4 is 10.2 Å². The number of aromatic carboxylic acids is 1. The summed E-state index contributed by atoms with van der Waals surface area (Å²) in [5, 5.41) is 24.2. The summed E-state index contributed by atoms with van der Waals surface area (Å²) in [6.07, 6.45) is 1.28. The fourth-order valence-electron chi connectivity index (χ4n) is 3.51. The summed E-state index contributed by atoms with van der Waals surface area (Å²) >= 11 is 0. The Bertz CT molecular complexity index is 1240.